The van der Waals surface area contributed by atoms with Crippen molar-refractivity contribution in [3.05, 3.63) is 33.6 Å². The maximum Gasteiger partial charge on any atom is 0.142 e. The SMILES string of the molecule is CC(c1cc(F)c(Cl)cc1Cl)N(CC1CCCN1)C1CC1. The molecule has 0 amide bonds. The molecule has 1 aromatic carbocycles. The molecule has 21 heavy (non-hydrogen) atoms. The van der Waals surface area contributed by atoms with Gasteiger partial charge in [-0.25, -0.2) is 4.39 Å². The number of hydrogen-bond acceptors (Lipinski definition) is 2. The van der Waals surface area contributed by atoms with E-state index in [2.05, 4.69) is 17.1 Å². The molecular weight excluding hydrogens is 310 g/mol. The van der Waals surface area contributed by atoms with Crippen LogP contribution in [0.15, 0.2) is 12.1 Å². The molecule has 1 aromatic rings. The maximum atomic E-state index is 13.8. The van der Waals surface area contributed by atoms with Gasteiger partial charge >= 0.3 is 0 Å². The van der Waals surface area contributed by atoms with E-state index in [4.69, 9.17) is 23.2 Å². The number of benzene rings is 1. The summed E-state index contributed by atoms with van der Waals surface area (Å²) >= 11 is 12.1. The molecule has 2 nitrogen and oxygen atoms in total. The van der Waals surface area contributed by atoms with Gasteiger partial charge in [-0.1, -0.05) is 23.2 Å². The Bertz CT molecular complexity index is 513. The number of rotatable bonds is 5. The summed E-state index contributed by atoms with van der Waals surface area (Å²) in [4.78, 5) is 2.47. The topological polar surface area (TPSA) is 15.3 Å². The van der Waals surface area contributed by atoms with Crippen molar-refractivity contribution in [3.8, 4) is 0 Å². The van der Waals surface area contributed by atoms with E-state index in [1.807, 2.05) is 0 Å². The monoisotopic (exact) mass is 330 g/mol. The summed E-state index contributed by atoms with van der Waals surface area (Å²) in [5.41, 5.74) is 0.837. The van der Waals surface area contributed by atoms with Crippen LogP contribution in [0.2, 0.25) is 10.0 Å². The first-order valence-electron chi connectivity index (χ1n) is 7.70. The number of nitrogens with one attached hydrogen (secondary N) is 1. The molecule has 1 saturated carbocycles. The Kier molecular flexibility index (Phi) is 4.75. The Morgan fingerprint density at radius 3 is 2.67 bits per heavy atom. The van der Waals surface area contributed by atoms with Gasteiger partial charge in [0.25, 0.3) is 0 Å². The van der Waals surface area contributed by atoms with Crippen LogP contribution in [0.4, 0.5) is 4.39 Å². The molecule has 1 N–H and O–H groups in total. The molecule has 1 aliphatic heterocycles. The third-order valence-corrected chi connectivity index (χ3v) is 5.21. The van der Waals surface area contributed by atoms with Gasteiger partial charge in [-0.2, -0.15) is 0 Å². The Hall–Kier alpha value is -0.350. The Morgan fingerprint density at radius 2 is 2.05 bits per heavy atom. The molecule has 2 unspecified atom stereocenters. The number of nitrogens with zero attached hydrogens (tertiary/aromatic N) is 1. The zero-order valence-corrected chi connectivity index (χ0v) is 13.7. The van der Waals surface area contributed by atoms with Crippen LogP contribution in [0.1, 0.15) is 44.2 Å². The van der Waals surface area contributed by atoms with Crippen molar-refractivity contribution >= 4 is 23.2 Å². The van der Waals surface area contributed by atoms with Crippen LogP contribution in [0, 0.1) is 5.82 Å². The lowest BCUT2D eigenvalue weighted by Crippen LogP contribution is -2.40. The first-order chi connectivity index (χ1) is 10.1. The third kappa shape index (κ3) is 3.53. The van der Waals surface area contributed by atoms with E-state index in [-0.39, 0.29) is 11.1 Å². The van der Waals surface area contributed by atoms with Gasteiger partial charge in [0.05, 0.1) is 5.02 Å². The van der Waals surface area contributed by atoms with Crippen LogP contribution in [0.3, 0.4) is 0 Å². The molecule has 2 atom stereocenters. The lowest BCUT2D eigenvalue weighted by atomic mass is 10.0. The van der Waals surface area contributed by atoms with E-state index in [1.165, 1.54) is 37.8 Å². The molecule has 0 radical (unpaired) electrons. The van der Waals surface area contributed by atoms with Gasteiger partial charge in [0.2, 0.25) is 0 Å². The molecule has 1 heterocycles. The summed E-state index contributed by atoms with van der Waals surface area (Å²) < 4.78 is 13.8. The molecule has 5 heteroatoms. The van der Waals surface area contributed by atoms with Crippen LogP contribution < -0.4 is 5.32 Å². The molecule has 0 bridgehead atoms. The van der Waals surface area contributed by atoms with Crippen LogP contribution in [0.25, 0.3) is 0 Å². The van der Waals surface area contributed by atoms with E-state index in [0.717, 1.165) is 18.7 Å². The fraction of sp³-hybridized carbons (Fsp3) is 0.625. The maximum absolute atomic E-state index is 13.8. The predicted octanol–water partition coefficient (Wildman–Crippen LogP) is 4.41. The van der Waals surface area contributed by atoms with Gasteiger partial charge in [-0.05, 0) is 56.8 Å². The van der Waals surface area contributed by atoms with Crippen molar-refractivity contribution in [2.75, 3.05) is 13.1 Å². The molecule has 116 valence electrons. The van der Waals surface area contributed by atoms with Gasteiger partial charge in [-0.15, -0.1) is 0 Å². The molecule has 0 aromatic heterocycles. The van der Waals surface area contributed by atoms with Crippen molar-refractivity contribution in [3.63, 3.8) is 0 Å². The van der Waals surface area contributed by atoms with Crippen LogP contribution in [0.5, 0.6) is 0 Å². The largest absolute Gasteiger partial charge is 0.313 e. The first kappa shape index (κ1) is 15.5. The van der Waals surface area contributed by atoms with Gasteiger partial charge in [0.1, 0.15) is 5.82 Å². The van der Waals surface area contributed by atoms with Gasteiger partial charge in [0, 0.05) is 29.7 Å². The van der Waals surface area contributed by atoms with Crippen LogP contribution >= 0.6 is 23.2 Å². The summed E-state index contributed by atoms with van der Waals surface area (Å²) in [6.07, 6.45) is 4.92. The van der Waals surface area contributed by atoms with E-state index in [9.17, 15) is 4.39 Å². The molecule has 3 rings (SSSR count). The molecular formula is C16H21Cl2FN2. The van der Waals surface area contributed by atoms with Crippen molar-refractivity contribution in [2.24, 2.45) is 0 Å². The predicted molar refractivity (Wildman–Crippen MR) is 85.6 cm³/mol. The Balaban J connectivity index is 1.80. The smallest absolute Gasteiger partial charge is 0.142 e. The Labute approximate surface area is 135 Å². The summed E-state index contributed by atoms with van der Waals surface area (Å²) in [5.74, 6) is -0.391. The van der Waals surface area contributed by atoms with E-state index < -0.39 is 5.82 Å². The van der Waals surface area contributed by atoms with Gasteiger partial charge in [0.15, 0.2) is 0 Å². The van der Waals surface area contributed by atoms with E-state index in [0.29, 0.717) is 17.1 Å². The highest BCUT2D eigenvalue weighted by Gasteiger charge is 2.35. The highest BCUT2D eigenvalue weighted by atomic mass is 35.5. The summed E-state index contributed by atoms with van der Waals surface area (Å²) in [5, 5.41) is 4.19. The zero-order chi connectivity index (χ0) is 15.0. The fourth-order valence-electron chi connectivity index (χ4n) is 3.23. The van der Waals surface area contributed by atoms with Gasteiger partial charge < -0.3 is 5.32 Å². The average molecular weight is 331 g/mol. The average Bonchev–Trinajstić information content (AvgIpc) is 3.16. The highest BCUT2D eigenvalue weighted by molar-refractivity contribution is 6.35. The van der Waals surface area contributed by atoms with Crippen LogP contribution in [-0.2, 0) is 0 Å². The second-order valence-corrected chi connectivity index (χ2v) is 7.00. The molecule has 0 spiro atoms. The van der Waals surface area contributed by atoms with E-state index in [1.54, 1.807) is 0 Å². The summed E-state index contributed by atoms with van der Waals surface area (Å²) in [7, 11) is 0. The summed E-state index contributed by atoms with van der Waals surface area (Å²) in [6.45, 7) is 4.22. The van der Waals surface area contributed by atoms with Crippen molar-refractivity contribution in [1.82, 2.24) is 10.2 Å². The minimum Gasteiger partial charge on any atom is -0.313 e. The van der Waals surface area contributed by atoms with Crippen LogP contribution in [-0.4, -0.2) is 30.1 Å². The third-order valence-electron chi connectivity index (χ3n) is 4.60. The first-order valence-corrected chi connectivity index (χ1v) is 8.45. The zero-order valence-electron chi connectivity index (χ0n) is 12.2. The minimum absolute atomic E-state index is 0.0892. The number of halogens is 3. The van der Waals surface area contributed by atoms with Crippen molar-refractivity contribution < 1.29 is 4.39 Å². The van der Waals surface area contributed by atoms with Crippen molar-refractivity contribution in [1.29, 1.82) is 0 Å². The summed E-state index contributed by atoms with van der Waals surface area (Å²) in [6, 6.07) is 4.27. The normalized spacial score (nSPS) is 23.8. The van der Waals surface area contributed by atoms with E-state index >= 15 is 0 Å². The van der Waals surface area contributed by atoms with Crippen molar-refractivity contribution in [2.45, 2.75) is 50.7 Å². The second kappa shape index (κ2) is 6.41. The second-order valence-electron chi connectivity index (χ2n) is 6.19. The lowest BCUT2D eigenvalue weighted by Gasteiger charge is -2.32. The fourth-order valence-corrected chi connectivity index (χ4v) is 3.77. The number of hydrogen-bond donors (Lipinski definition) is 1. The minimum atomic E-state index is -0.391. The lowest BCUT2D eigenvalue weighted by molar-refractivity contribution is 0.182. The molecule has 1 aliphatic carbocycles. The molecule has 2 fully saturated rings. The molecule has 1 saturated heterocycles. The Morgan fingerprint density at radius 1 is 1.29 bits per heavy atom. The molecule has 2 aliphatic rings. The quantitative estimate of drug-likeness (QED) is 0.804. The van der Waals surface area contributed by atoms with Gasteiger partial charge in [-0.3, -0.25) is 4.90 Å². The highest BCUT2D eigenvalue weighted by Crippen LogP contribution is 2.38. The standard InChI is InChI=1S/C16H21Cl2FN2/c1-10(13-7-16(19)15(18)8-14(13)17)21(12-4-5-12)9-11-3-2-6-20-11/h7-8,10-12,20H,2-6,9H2,1H3.